The van der Waals surface area contributed by atoms with Crippen LogP contribution in [0.15, 0.2) is 42.7 Å². The Morgan fingerprint density at radius 2 is 1.72 bits per heavy atom. The molecule has 1 saturated carbocycles. The van der Waals surface area contributed by atoms with E-state index in [2.05, 4.69) is 27.3 Å². The van der Waals surface area contributed by atoms with Gasteiger partial charge in [0.25, 0.3) is 6.47 Å². The second kappa shape index (κ2) is 17.2. The quantitative estimate of drug-likeness (QED) is 0.230. The molecule has 0 bridgehead atoms. The molecule has 2 aromatic rings. The van der Waals surface area contributed by atoms with Crippen LogP contribution in [0, 0.1) is 11.8 Å². The molecule has 10 heteroatoms. The summed E-state index contributed by atoms with van der Waals surface area (Å²) in [6.07, 6.45) is 9.67. The van der Waals surface area contributed by atoms with E-state index in [0.29, 0.717) is 5.92 Å². The van der Waals surface area contributed by atoms with Gasteiger partial charge in [0.05, 0.1) is 0 Å². The standard InChI is InChI=1S/C35H50N4O4.CH2O2/c1-24(2)32(40)29-11-10-27-15-19-38(20-16-28(27)22-29)18-14-25-8-12-30(13-9-25)37-33(41)31(21-26-7-6-17-36-23-26)39(34(42)43)35(3,4)5;2-1-3/h6-7,10-11,17,22-25,30-31H,8-9,12-16,18-21H2,1-5H3,(H,37,41)(H,42,43);1H,(H,2,3). The Labute approximate surface area is 273 Å². The summed E-state index contributed by atoms with van der Waals surface area (Å²) in [5.41, 5.74) is 3.64. The fourth-order valence-corrected chi connectivity index (χ4v) is 6.67. The zero-order valence-corrected chi connectivity index (χ0v) is 28.1. The Balaban J connectivity index is 0.00000185. The molecule has 1 aliphatic carbocycles. The van der Waals surface area contributed by atoms with Gasteiger partial charge in [0.2, 0.25) is 5.91 Å². The molecule has 1 aliphatic heterocycles. The first kappa shape index (κ1) is 36.7. The van der Waals surface area contributed by atoms with Crippen LogP contribution in [0.1, 0.15) is 93.8 Å². The molecule has 46 heavy (non-hydrogen) atoms. The molecule has 0 radical (unpaired) electrons. The molecule has 252 valence electrons. The Hall–Kier alpha value is -3.79. The van der Waals surface area contributed by atoms with Gasteiger partial charge >= 0.3 is 6.09 Å². The molecule has 4 rings (SSSR count). The van der Waals surface area contributed by atoms with Gasteiger partial charge in [-0.3, -0.25) is 24.3 Å². The highest BCUT2D eigenvalue weighted by Crippen LogP contribution is 2.29. The number of hydrogen-bond donors (Lipinski definition) is 3. The fourth-order valence-electron chi connectivity index (χ4n) is 6.67. The van der Waals surface area contributed by atoms with Crippen LogP contribution in [0.25, 0.3) is 0 Å². The van der Waals surface area contributed by atoms with E-state index in [1.54, 1.807) is 12.4 Å². The molecule has 2 heterocycles. The Kier molecular flexibility index (Phi) is 13.7. The van der Waals surface area contributed by atoms with Crippen LogP contribution in [0.4, 0.5) is 4.79 Å². The number of hydrogen-bond acceptors (Lipinski definition) is 6. The first-order chi connectivity index (χ1) is 21.8. The summed E-state index contributed by atoms with van der Waals surface area (Å²) < 4.78 is 0. The molecule has 0 spiro atoms. The van der Waals surface area contributed by atoms with Gasteiger partial charge < -0.3 is 20.4 Å². The number of nitrogens with zero attached hydrogens (tertiary/aromatic N) is 3. The van der Waals surface area contributed by atoms with E-state index < -0.39 is 17.7 Å². The van der Waals surface area contributed by atoms with Crippen molar-refractivity contribution in [3.8, 4) is 0 Å². The van der Waals surface area contributed by atoms with Gasteiger partial charge in [-0.2, -0.15) is 0 Å². The van der Waals surface area contributed by atoms with E-state index in [9.17, 15) is 19.5 Å². The molecule has 1 aromatic heterocycles. The molecule has 1 atom stereocenters. The maximum atomic E-state index is 13.6. The van der Waals surface area contributed by atoms with Gasteiger partial charge in [-0.15, -0.1) is 0 Å². The number of carboxylic acid groups (broad SMARTS) is 2. The summed E-state index contributed by atoms with van der Waals surface area (Å²) in [5.74, 6) is 0.630. The summed E-state index contributed by atoms with van der Waals surface area (Å²) in [7, 11) is 0. The van der Waals surface area contributed by atoms with E-state index in [0.717, 1.165) is 75.7 Å². The number of nitrogens with one attached hydrogen (secondary N) is 1. The van der Waals surface area contributed by atoms with Gasteiger partial charge in [0, 0.05) is 55.0 Å². The van der Waals surface area contributed by atoms with E-state index in [1.807, 2.05) is 52.8 Å². The van der Waals surface area contributed by atoms with Crippen molar-refractivity contribution in [3.05, 3.63) is 65.0 Å². The van der Waals surface area contributed by atoms with Crippen molar-refractivity contribution in [2.75, 3.05) is 19.6 Å². The predicted molar refractivity (Wildman–Crippen MR) is 178 cm³/mol. The number of carbonyl (C=O) groups is 4. The number of ketones is 1. The van der Waals surface area contributed by atoms with E-state index in [1.165, 1.54) is 16.0 Å². The molecule has 2 amide bonds. The number of pyridine rings is 1. The number of benzene rings is 1. The minimum Gasteiger partial charge on any atom is -0.483 e. The van der Waals surface area contributed by atoms with Crippen LogP contribution in [-0.2, 0) is 28.9 Å². The van der Waals surface area contributed by atoms with Crippen LogP contribution < -0.4 is 5.32 Å². The lowest BCUT2D eigenvalue weighted by atomic mass is 9.83. The van der Waals surface area contributed by atoms with Crippen molar-refractivity contribution < 1.29 is 29.4 Å². The zero-order chi connectivity index (χ0) is 33.9. The van der Waals surface area contributed by atoms with Crippen LogP contribution in [0.2, 0.25) is 0 Å². The second-order valence-electron chi connectivity index (χ2n) is 13.9. The van der Waals surface area contributed by atoms with Gasteiger partial charge in [0.1, 0.15) is 6.04 Å². The summed E-state index contributed by atoms with van der Waals surface area (Å²) in [4.78, 5) is 54.7. The summed E-state index contributed by atoms with van der Waals surface area (Å²) in [6.45, 7) is 12.3. The lowest BCUT2D eigenvalue weighted by molar-refractivity contribution is -0.128. The Morgan fingerprint density at radius 3 is 2.28 bits per heavy atom. The summed E-state index contributed by atoms with van der Waals surface area (Å²) in [5, 5.41) is 20.1. The van der Waals surface area contributed by atoms with Crippen molar-refractivity contribution in [1.82, 2.24) is 20.1 Å². The van der Waals surface area contributed by atoms with Crippen LogP contribution in [0.3, 0.4) is 0 Å². The molecule has 1 fully saturated rings. The number of Topliss-reactive ketones (excluding diaryl/α,β-unsaturated/α-hetero) is 1. The molecular formula is C36H52N4O6. The highest BCUT2D eigenvalue weighted by molar-refractivity contribution is 5.97. The predicted octanol–water partition coefficient (Wildman–Crippen LogP) is 5.48. The van der Waals surface area contributed by atoms with Gasteiger partial charge in [-0.05, 0) is 107 Å². The van der Waals surface area contributed by atoms with E-state index >= 15 is 0 Å². The van der Waals surface area contributed by atoms with E-state index in [4.69, 9.17) is 9.90 Å². The molecular weight excluding hydrogens is 584 g/mol. The number of rotatable bonds is 10. The number of amides is 2. The van der Waals surface area contributed by atoms with Gasteiger partial charge in [-0.25, -0.2) is 4.79 Å². The minimum atomic E-state index is -1.10. The Morgan fingerprint density at radius 1 is 1.07 bits per heavy atom. The summed E-state index contributed by atoms with van der Waals surface area (Å²) >= 11 is 0. The fraction of sp³-hybridized carbons (Fsp3) is 0.583. The first-order valence-electron chi connectivity index (χ1n) is 16.5. The van der Waals surface area contributed by atoms with Crippen molar-refractivity contribution in [1.29, 1.82) is 0 Å². The molecule has 2 aliphatic rings. The van der Waals surface area contributed by atoms with Crippen molar-refractivity contribution in [3.63, 3.8) is 0 Å². The van der Waals surface area contributed by atoms with Crippen LogP contribution in [-0.4, -0.2) is 86.5 Å². The van der Waals surface area contributed by atoms with Gasteiger partial charge in [0.15, 0.2) is 5.78 Å². The topological polar surface area (TPSA) is 140 Å². The van der Waals surface area contributed by atoms with Crippen molar-refractivity contribution in [2.24, 2.45) is 11.8 Å². The molecule has 10 nitrogen and oxygen atoms in total. The number of aromatic nitrogens is 1. The monoisotopic (exact) mass is 636 g/mol. The molecule has 1 unspecified atom stereocenters. The highest BCUT2D eigenvalue weighted by Gasteiger charge is 2.38. The third-order valence-electron chi connectivity index (χ3n) is 9.15. The molecule has 3 N–H and O–H groups in total. The maximum absolute atomic E-state index is 13.6. The summed E-state index contributed by atoms with van der Waals surface area (Å²) in [6, 6.07) is 9.20. The normalized spacial score (nSPS) is 19.1. The number of fused-ring (bicyclic) bond motifs is 1. The number of carbonyl (C=O) groups excluding carboxylic acids is 2. The second-order valence-corrected chi connectivity index (χ2v) is 13.9. The first-order valence-corrected chi connectivity index (χ1v) is 16.5. The maximum Gasteiger partial charge on any atom is 0.408 e. The minimum absolute atomic E-state index is 0.0138. The lowest BCUT2D eigenvalue weighted by Crippen LogP contribution is -2.58. The third kappa shape index (κ3) is 10.6. The van der Waals surface area contributed by atoms with Crippen LogP contribution >= 0.6 is 0 Å². The molecule has 0 saturated heterocycles. The average Bonchev–Trinajstić information content (AvgIpc) is 3.22. The van der Waals surface area contributed by atoms with Crippen molar-refractivity contribution in [2.45, 2.75) is 104 Å². The smallest absolute Gasteiger partial charge is 0.408 e. The molecule has 1 aromatic carbocycles. The van der Waals surface area contributed by atoms with E-state index in [-0.39, 0.29) is 36.5 Å². The Bertz CT molecular complexity index is 1300. The van der Waals surface area contributed by atoms with Crippen molar-refractivity contribution >= 4 is 24.3 Å². The highest BCUT2D eigenvalue weighted by atomic mass is 16.4. The SMILES string of the molecule is CC(C)C(=O)c1ccc2c(c1)CCN(CCC1CCC(NC(=O)C(Cc3cccnc3)N(C(=O)O)C(C)(C)C)CC1)CC2.O=CO. The van der Waals surface area contributed by atoms with Gasteiger partial charge in [-0.1, -0.05) is 32.0 Å². The largest absolute Gasteiger partial charge is 0.483 e. The lowest BCUT2D eigenvalue weighted by Gasteiger charge is -2.40. The average molecular weight is 637 g/mol. The van der Waals surface area contributed by atoms with Crippen LogP contribution in [0.5, 0.6) is 0 Å². The zero-order valence-electron chi connectivity index (χ0n) is 28.1. The third-order valence-corrected chi connectivity index (χ3v) is 9.15.